The normalized spacial score (nSPS) is 11.7. The van der Waals surface area contributed by atoms with Crippen LogP contribution in [0, 0.1) is 0 Å². The molecule has 0 saturated heterocycles. The smallest absolute Gasteiger partial charge is 0.160 e. The number of unbranched alkanes of at least 4 members (excludes halogenated alkanes) is 12. The average molecular weight is 494 g/mol. The van der Waals surface area contributed by atoms with Crippen LogP contribution < -0.4 is 0 Å². The van der Waals surface area contributed by atoms with Gasteiger partial charge in [-0.15, -0.1) is 22.7 Å². The van der Waals surface area contributed by atoms with Crippen LogP contribution in [0.1, 0.15) is 100 Å². The van der Waals surface area contributed by atoms with E-state index in [1.54, 1.807) is 11.3 Å². The Morgan fingerprint density at radius 3 is 2.00 bits per heavy atom. The zero-order chi connectivity index (χ0) is 23.6. The lowest BCUT2D eigenvalue weighted by Crippen LogP contribution is -1.97. The molecule has 3 heterocycles. The predicted octanol–water partition coefficient (Wildman–Crippen LogP) is 10.5. The number of carbonyl (C=O) groups excluding carboxylic acids is 1. The van der Waals surface area contributed by atoms with Gasteiger partial charge in [-0.25, -0.2) is 0 Å². The fourth-order valence-corrected chi connectivity index (χ4v) is 7.10. The topological polar surface area (TPSA) is 22.0 Å². The van der Waals surface area contributed by atoms with E-state index in [1.807, 2.05) is 17.4 Å². The summed E-state index contributed by atoms with van der Waals surface area (Å²) < 4.78 is 3.90. The number of aromatic nitrogens is 1. The van der Waals surface area contributed by atoms with E-state index in [0.717, 1.165) is 17.7 Å². The van der Waals surface area contributed by atoms with Crippen LogP contribution >= 0.6 is 22.7 Å². The number of aryl methyl sites for hydroxylation is 1. The van der Waals surface area contributed by atoms with E-state index in [-0.39, 0.29) is 0 Å². The van der Waals surface area contributed by atoms with Crippen LogP contribution in [0.25, 0.3) is 30.9 Å². The molecule has 3 aromatic heterocycles. The average Bonchev–Trinajstić information content (AvgIpc) is 3.57. The van der Waals surface area contributed by atoms with E-state index in [0.29, 0.717) is 0 Å². The van der Waals surface area contributed by atoms with Crippen LogP contribution in [0.4, 0.5) is 0 Å². The second kappa shape index (κ2) is 13.3. The zero-order valence-electron chi connectivity index (χ0n) is 20.7. The highest BCUT2D eigenvalue weighted by atomic mass is 32.1. The first-order valence-corrected chi connectivity index (χ1v) is 15.0. The maximum atomic E-state index is 11.1. The van der Waals surface area contributed by atoms with Crippen LogP contribution in [-0.4, -0.2) is 10.9 Å². The third-order valence-corrected chi connectivity index (χ3v) is 9.28. The quantitative estimate of drug-likeness (QED) is 0.112. The molecule has 0 saturated carbocycles. The summed E-state index contributed by atoms with van der Waals surface area (Å²) in [4.78, 5) is 14.4. The summed E-state index contributed by atoms with van der Waals surface area (Å²) in [5.74, 6) is 0. The maximum Gasteiger partial charge on any atom is 0.160 e. The van der Waals surface area contributed by atoms with E-state index in [1.165, 1.54) is 114 Å². The number of fused-ring (bicyclic) bond motifs is 3. The highest BCUT2D eigenvalue weighted by Crippen LogP contribution is 2.41. The van der Waals surface area contributed by atoms with Crippen LogP contribution in [0.5, 0.6) is 0 Å². The highest BCUT2D eigenvalue weighted by molar-refractivity contribution is 7.27. The minimum Gasteiger partial charge on any atom is -0.340 e. The van der Waals surface area contributed by atoms with Crippen molar-refractivity contribution in [1.82, 2.24) is 4.57 Å². The molecule has 0 aliphatic carbocycles. The number of carbonyl (C=O) groups is 1. The van der Waals surface area contributed by atoms with E-state index >= 15 is 0 Å². The van der Waals surface area contributed by atoms with Crippen molar-refractivity contribution in [3.8, 4) is 9.75 Å². The Labute approximate surface area is 213 Å². The number of thiophene rings is 2. The zero-order valence-corrected chi connectivity index (χ0v) is 22.3. The molecule has 4 rings (SSSR count). The van der Waals surface area contributed by atoms with Crippen LogP contribution in [-0.2, 0) is 6.54 Å². The number of hydrogen-bond donors (Lipinski definition) is 0. The van der Waals surface area contributed by atoms with Crippen molar-refractivity contribution in [1.29, 1.82) is 0 Å². The Balaban J connectivity index is 1.26. The summed E-state index contributed by atoms with van der Waals surface area (Å²) in [6, 6.07) is 15.2. The SMILES string of the molecule is CCCCCCCCCCCCCCCn1c2ccccc2c2sc(-c3ccc(C=O)s3)cc21. The predicted molar refractivity (Wildman–Crippen MR) is 152 cm³/mol. The summed E-state index contributed by atoms with van der Waals surface area (Å²) in [6.45, 7) is 3.37. The van der Waals surface area contributed by atoms with Gasteiger partial charge >= 0.3 is 0 Å². The molecule has 1 aromatic carbocycles. The fourth-order valence-electron chi connectivity index (χ4n) is 5.00. The second-order valence-electron chi connectivity index (χ2n) is 9.56. The third kappa shape index (κ3) is 6.40. The largest absolute Gasteiger partial charge is 0.340 e. The van der Waals surface area contributed by atoms with Gasteiger partial charge in [0.15, 0.2) is 6.29 Å². The minimum absolute atomic E-state index is 0.799. The molecule has 4 heteroatoms. The molecule has 0 aliphatic rings. The number of aldehydes is 1. The Kier molecular flexibility index (Phi) is 9.82. The van der Waals surface area contributed by atoms with Crippen molar-refractivity contribution in [2.45, 2.75) is 96.9 Å². The Hall–Kier alpha value is -1.91. The second-order valence-corrected chi connectivity index (χ2v) is 11.7. The summed E-state index contributed by atoms with van der Waals surface area (Å²) >= 11 is 3.45. The van der Waals surface area contributed by atoms with E-state index in [4.69, 9.17) is 0 Å². The van der Waals surface area contributed by atoms with Crippen molar-refractivity contribution in [3.63, 3.8) is 0 Å². The van der Waals surface area contributed by atoms with Crippen LogP contribution in [0.15, 0.2) is 42.5 Å². The van der Waals surface area contributed by atoms with Crippen molar-refractivity contribution in [3.05, 3.63) is 47.3 Å². The number of hydrogen-bond acceptors (Lipinski definition) is 3. The van der Waals surface area contributed by atoms with Gasteiger partial charge < -0.3 is 4.57 Å². The van der Waals surface area contributed by atoms with Gasteiger partial charge in [-0.1, -0.05) is 102 Å². The van der Waals surface area contributed by atoms with Crippen molar-refractivity contribution < 1.29 is 4.79 Å². The highest BCUT2D eigenvalue weighted by Gasteiger charge is 2.15. The Morgan fingerprint density at radius 2 is 1.35 bits per heavy atom. The molecular weight excluding hydrogens is 454 g/mol. The first kappa shape index (κ1) is 25.2. The molecule has 0 radical (unpaired) electrons. The summed E-state index contributed by atoms with van der Waals surface area (Å²) in [5, 5.41) is 1.36. The Morgan fingerprint density at radius 1 is 0.706 bits per heavy atom. The molecule has 4 aromatic rings. The van der Waals surface area contributed by atoms with E-state index in [2.05, 4.69) is 47.9 Å². The van der Waals surface area contributed by atoms with Crippen LogP contribution in [0.3, 0.4) is 0 Å². The number of rotatable bonds is 16. The standard InChI is InChI=1S/C30H39NOS2/c1-2-3-4-5-6-7-8-9-10-11-12-13-16-21-31-26-18-15-14-17-25(26)30-27(31)22-29(34-30)28-20-19-24(23-32)33-28/h14-15,17-20,22-23H,2-13,16,21H2,1H3. The lowest BCUT2D eigenvalue weighted by Gasteiger charge is -2.07. The number of benzene rings is 1. The van der Waals surface area contributed by atoms with Gasteiger partial charge in [0.25, 0.3) is 0 Å². The van der Waals surface area contributed by atoms with E-state index < -0.39 is 0 Å². The summed E-state index contributed by atoms with van der Waals surface area (Å²) in [6.07, 6.45) is 19.0. The molecular formula is C30H39NOS2. The molecule has 2 nitrogen and oxygen atoms in total. The minimum atomic E-state index is 0.799. The monoisotopic (exact) mass is 493 g/mol. The maximum absolute atomic E-state index is 11.1. The van der Waals surface area contributed by atoms with Gasteiger partial charge in [0.2, 0.25) is 0 Å². The molecule has 0 unspecified atom stereocenters. The third-order valence-electron chi connectivity index (χ3n) is 6.91. The van der Waals surface area contributed by atoms with Crippen LogP contribution in [0.2, 0.25) is 0 Å². The molecule has 0 atom stereocenters. The van der Waals surface area contributed by atoms with Gasteiger partial charge in [-0.2, -0.15) is 0 Å². The fraction of sp³-hybridized carbons (Fsp3) is 0.500. The van der Waals surface area contributed by atoms with Gasteiger partial charge in [0.1, 0.15) is 0 Å². The van der Waals surface area contributed by atoms with E-state index in [9.17, 15) is 4.79 Å². The molecule has 0 fully saturated rings. The summed E-state index contributed by atoms with van der Waals surface area (Å²) in [7, 11) is 0. The first-order valence-electron chi connectivity index (χ1n) is 13.4. The van der Waals surface area contributed by atoms with Crippen molar-refractivity contribution >= 4 is 50.1 Å². The van der Waals surface area contributed by atoms with Gasteiger partial charge in [-0.3, -0.25) is 4.79 Å². The number of nitrogens with zero attached hydrogens (tertiary/aromatic N) is 1. The molecule has 0 aliphatic heterocycles. The summed E-state index contributed by atoms with van der Waals surface area (Å²) in [5.41, 5.74) is 2.70. The Bertz CT molecular complexity index is 1170. The molecule has 0 amide bonds. The first-order chi connectivity index (χ1) is 16.8. The molecule has 34 heavy (non-hydrogen) atoms. The molecule has 0 N–H and O–H groups in total. The molecule has 0 spiro atoms. The lowest BCUT2D eigenvalue weighted by atomic mass is 10.0. The van der Waals surface area contributed by atoms with Crippen molar-refractivity contribution in [2.75, 3.05) is 0 Å². The molecule has 182 valence electrons. The lowest BCUT2D eigenvalue weighted by molar-refractivity contribution is 0.112. The van der Waals surface area contributed by atoms with Gasteiger partial charge in [0, 0.05) is 27.2 Å². The number of para-hydroxylation sites is 1. The van der Waals surface area contributed by atoms with Gasteiger partial charge in [-0.05, 0) is 30.7 Å². The van der Waals surface area contributed by atoms with Crippen molar-refractivity contribution in [2.24, 2.45) is 0 Å². The van der Waals surface area contributed by atoms with Gasteiger partial charge in [0.05, 0.1) is 15.1 Å². The molecule has 0 bridgehead atoms.